The minimum absolute atomic E-state index is 0.681. The first-order valence-electron chi connectivity index (χ1n) is 7.89. The van der Waals surface area contributed by atoms with Gasteiger partial charge in [0.2, 0.25) is 0 Å². The van der Waals surface area contributed by atoms with Crippen molar-refractivity contribution in [3.8, 4) is 0 Å². The lowest BCUT2D eigenvalue weighted by Gasteiger charge is -2.39. The van der Waals surface area contributed by atoms with Crippen LogP contribution in [0.2, 0.25) is 0 Å². The highest BCUT2D eigenvalue weighted by atomic mass is 15.3. The summed E-state index contributed by atoms with van der Waals surface area (Å²) in [5, 5.41) is 0. The van der Waals surface area contributed by atoms with Gasteiger partial charge in [0.1, 0.15) is 0 Å². The molecule has 1 aliphatic heterocycles. The summed E-state index contributed by atoms with van der Waals surface area (Å²) in [5.74, 6) is 0. The first-order valence-corrected chi connectivity index (χ1v) is 7.89. The molecular weight excluding hydrogens is 248 g/mol. The zero-order chi connectivity index (χ0) is 14.2. The van der Waals surface area contributed by atoms with Gasteiger partial charge in [0.25, 0.3) is 0 Å². The Labute approximate surface area is 123 Å². The van der Waals surface area contributed by atoms with E-state index in [0.29, 0.717) is 6.04 Å². The second-order valence-electron chi connectivity index (χ2n) is 5.63. The van der Waals surface area contributed by atoms with Crippen LogP contribution < -0.4 is 5.73 Å². The van der Waals surface area contributed by atoms with Crippen molar-refractivity contribution in [1.29, 1.82) is 0 Å². The van der Waals surface area contributed by atoms with E-state index in [1.54, 1.807) is 0 Å². The Morgan fingerprint density at radius 2 is 2.10 bits per heavy atom. The van der Waals surface area contributed by atoms with Crippen molar-refractivity contribution in [2.75, 3.05) is 39.3 Å². The quantitative estimate of drug-likeness (QED) is 0.817. The van der Waals surface area contributed by atoms with Gasteiger partial charge in [-0.2, -0.15) is 0 Å². The van der Waals surface area contributed by atoms with Crippen molar-refractivity contribution >= 4 is 0 Å². The van der Waals surface area contributed by atoms with E-state index >= 15 is 0 Å². The van der Waals surface area contributed by atoms with E-state index in [4.69, 9.17) is 5.73 Å². The van der Waals surface area contributed by atoms with Gasteiger partial charge in [0.05, 0.1) is 0 Å². The molecule has 0 saturated carbocycles. The average Bonchev–Trinajstić information content (AvgIpc) is 2.52. The van der Waals surface area contributed by atoms with Gasteiger partial charge in [-0.15, -0.1) is 0 Å². The molecule has 2 rings (SSSR count). The molecule has 0 bridgehead atoms. The standard InChI is InChI=1S/C16H28N4/c1-2-16(5-7-17)20-12-10-19(11-13-20)9-6-15-4-3-8-18-14-15/h3-4,8,14,16H,2,5-7,9-13,17H2,1H3. The van der Waals surface area contributed by atoms with Crippen LogP contribution in [0.3, 0.4) is 0 Å². The number of nitrogens with two attached hydrogens (primary N) is 1. The van der Waals surface area contributed by atoms with Gasteiger partial charge >= 0.3 is 0 Å². The van der Waals surface area contributed by atoms with Gasteiger partial charge in [0.15, 0.2) is 0 Å². The molecule has 1 aliphatic rings. The topological polar surface area (TPSA) is 45.4 Å². The summed E-state index contributed by atoms with van der Waals surface area (Å²) < 4.78 is 0. The molecule has 0 radical (unpaired) electrons. The highest BCUT2D eigenvalue weighted by Crippen LogP contribution is 2.12. The molecule has 0 spiro atoms. The van der Waals surface area contributed by atoms with Crippen molar-refractivity contribution in [1.82, 2.24) is 14.8 Å². The lowest BCUT2D eigenvalue weighted by molar-refractivity contribution is 0.0917. The number of hydrogen-bond donors (Lipinski definition) is 1. The number of hydrogen-bond acceptors (Lipinski definition) is 4. The Morgan fingerprint density at radius 3 is 2.70 bits per heavy atom. The average molecular weight is 276 g/mol. The Morgan fingerprint density at radius 1 is 1.30 bits per heavy atom. The van der Waals surface area contributed by atoms with E-state index in [1.807, 2.05) is 18.5 Å². The van der Waals surface area contributed by atoms with Gasteiger partial charge < -0.3 is 10.6 Å². The zero-order valence-electron chi connectivity index (χ0n) is 12.7. The van der Waals surface area contributed by atoms with Crippen LogP contribution in [0.1, 0.15) is 25.3 Å². The number of aromatic nitrogens is 1. The van der Waals surface area contributed by atoms with Crippen molar-refractivity contribution < 1.29 is 0 Å². The largest absolute Gasteiger partial charge is 0.330 e. The third-order valence-corrected chi connectivity index (χ3v) is 4.33. The summed E-state index contributed by atoms with van der Waals surface area (Å²) in [6, 6.07) is 4.87. The maximum atomic E-state index is 5.71. The number of nitrogens with zero attached hydrogens (tertiary/aromatic N) is 3. The molecule has 2 heterocycles. The fourth-order valence-corrected chi connectivity index (χ4v) is 3.02. The fourth-order valence-electron chi connectivity index (χ4n) is 3.02. The van der Waals surface area contributed by atoms with Crippen LogP contribution in [-0.4, -0.2) is 60.1 Å². The third kappa shape index (κ3) is 4.54. The minimum Gasteiger partial charge on any atom is -0.330 e. The lowest BCUT2D eigenvalue weighted by atomic mass is 10.1. The van der Waals surface area contributed by atoms with Crippen LogP contribution in [0.25, 0.3) is 0 Å². The second kappa shape index (κ2) is 8.35. The lowest BCUT2D eigenvalue weighted by Crippen LogP contribution is -2.50. The summed E-state index contributed by atoms with van der Waals surface area (Å²) in [6.07, 6.45) is 7.27. The van der Waals surface area contributed by atoms with Gasteiger partial charge in [-0.25, -0.2) is 0 Å². The van der Waals surface area contributed by atoms with Crippen LogP contribution in [0, 0.1) is 0 Å². The highest BCUT2D eigenvalue weighted by Gasteiger charge is 2.21. The minimum atomic E-state index is 0.681. The van der Waals surface area contributed by atoms with Crippen molar-refractivity contribution in [2.45, 2.75) is 32.2 Å². The van der Waals surface area contributed by atoms with Gasteiger partial charge in [-0.05, 0) is 37.4 Å². The van der Waals surface area contributed by atoms with Crippen LogP contribution >= 0.6 is 0 Å². The predicted octanol–water partition coefficient (Wildman–Crippen LogP) is 1.37. The zero-order valence-corrected chi connectivity index (χ0v) is 12.7. The molecule has 2 N–H and O–H groups in total. The van der Waals surface area contributed by atoms with Crippen LogP contribution in [0.4, 0.5) is 0 Å². The summed E-state index contributed by atoms with van der Waals surface area (Å²) in [7, 11) is 0. The molecule has 0 amide bonds. The van der Waals surface area contributed by atoms with Crippen LogP contribution in [0.5, 0.6) is 0 Å². The van der Waals surface area contributed by atoms with Gasteiger partial charge in [-0.1, -0.05) is 13.0 Å². The maximum Gasteiger partial charge on any atom is 0.0300 e. The number of pyridine rings is 1. The van der Waals surface area contributed by atoms with E-state index in [1.165, 1.54) is 38.2 Å². The molecule has 112 valence electrons. The molecule has 1 saturated heterocycles. The molecule has 1 unspecified atom stereocenters. The van der Waals surface area contributed by atoms with Gasteiger partial charge in [0, 0.05) is 51.2 Å². The smallest absolute Gasteiger partial charge is 0.0300 e. The molecule has 1 fully saturated rings. The molecule has 4 nitrogen and oxygen atoms in total. The molecule has 1 aromatic rings. The monoisotopic (exact) mass is 276 g/mol. The first-order chi connectivity index (χ1) is 9.83. The normalized spacial score (nSPS) is 19.1. The van der Waals surface area contributed by atoms with E-state index in [2.05, 4.69) is 27.8 Å². The maximum absolute atomic E-state index is 5.71. The first kappa shape index (κ1) is 15.4. The van der Waals surface area contributed by atoms with E-state index in [0.717, 1.165) is 25.9 Å². The van der Waals surface area contributed by atoms with E-state index in [9.17, 15) is 0 Å². The molecular formula is C16H28N4. The highest BCUT2D eigenvalue weighted by molar-refractivity contribution is 5.08. The van der Waals surface area contributed by atoms with Crippen LogP contribution in [-0.2, 0) is 6.42 Å². The summed E-state index contributed by atoms with van der Waals surface area (Å²) in [4.78, 5) is 9.36. The molecule has 0 aliphatic carbocycles. The predicted molar refractivity (Wildman–Crippen MR) is 83.7 cm³/mol. The molecule has 20 heavy (non-hydrogen) atoms. The molecule has 0 aromatic carbocycles. The Hall–Kier alpha value is -0.970. The second-order valence-corrected chi connectivity index (χ2v) is 5.63. The fraction of sp³-hybridized carbons (Fsp3) is 0.688. The summed E-state index contributed by atoms with van der Waals surface area (Å²) in [6.45, 7) is 8.96. The molecule has 1 aromatic heterocycles. The Balaban J connectivity index is 1.71. The van der Waals surface area contributed by atoms with E-state index < -0.39 is 0 Å². The van der Waals surface area contributed by atoms with Crippen molar-refractivity contribution in [3.63, 3.8) is 0 Å². The Kier molecular flexibility index (Phi) is 6.43. The molecule has 4 heteroatoms. The molecule has 1 atom stereocenters. The SMILES string of the molecule is CCC(CCN)N1CCN(CCc2cccnc2)CC1. The summed E-state index contributed by atoms with van der Waals surface area (Å²) >= 11 is 0. The number of rotatable bonds is 7. The van der Waals surface area contributed by atoms with E-state index in [-0.39, 0.29) is 0 Å². The third-order valence-electron chi connectivity index (χ3n) is 4.33. The van der Waals surface area contributed by atoms with Gasteiger partial charge in [-0.3, -0.25) is 9.88 Å². The Bertz CT molecular complexity index is 360. The van der Waals surface area contributed by atoms with Crippen molar-refractivity contribution in [2.24, 2.45) is 5.73 Å². The number of piperazine rings is 1. The summed E-state index contributed by atoms with van der Waals surface area (Å²) in [5.41, 5.74) is 7.05. The van der Waals surface area contributed by atoms with Crippen molar-refractivity contribution in [3.05, 3.63) is 30.1 Å². The van der Waals surface area contributed by atoms with Crippen LogP contribution in [0.15, 0.2) is 24.5 Å².